The summed E-state index contributed by atoms with van der Waals surface area (Å²) in [6.07, 6.45) is 2.83. The zero-order valence-electron chi connectivity index (χ0n) is 9.30. The fourth-order valence-corrected chi connectivity index (χ4v) is 1.23. The Balaban J connectivity index is 2.40. The van der Waals surface area contributed by atoms with Crippen LogP contribution in [0.15, 0.2) is 36.4 Å². The Hall–Kier alpha value is -1.61. The molecule has 0 aliphatic carbocycles. The first-order valence-electron chi connectivity index (χ1n) is 5.30. The molecule has 1 rings (SSSR count). The molecule has 1 aromatic rings. The van der Waals surface area contributed by atoms with Gasteiger partial charge in [0.1, 0.15) is 0 Å². The second-order valence-corrected chi connectivity index (χ2v) is 3.32. The third-order valence-corrected chi connectivity index (χ3v) is 2.03. The van der Waals surface area contributed by atoms with E-state index in [0.717, 1.165) is 5.56 Å². The number of ether oxygens (including phenoxy) is 1. The summed E-state index contributed by atoms with van der Waals surface area (Å²) in [6, 6.07) is 9.70. The van der Waals surface area contributed by atoms with E-state index in [4.69, 9.17) is 0 Å². The second kappa shape index (κ2) is 6.80. The van der Waals surface area contributed by atoms with Crippen LogP contribution in [-0.4, -0.2) is 23.8 Å². The van der Waals surface area contributed by atoms with Gasteiger partial charge in [-0.05, 0) is 12.5 Å². The Kier molecular flexibility index (Phi) is 5.29. The van der Waals surface area contributed by atoms with Crippen molar-refractivity contribution in [3.05, 3.63) is 42.0 Å². The van der Waals surface area contributed by atoms with Crippen LogP contribution in [0.1, 0.15) is 18.9 Å². The average Bonchev–Trinajstić information content (AvgIpc) is 2.30. The van der Waals surface area contributed by atoms with E-state index >= 15 is 0 Å². The predicted octanol–water partition coefficient (Wildman–Crippen LogP) is 2.01. The van der Waals surface area contributed by atoms with Crippen LogP contribution >= 0.6 is 0 Å². The lowest BCUT2D eigenvalue weighted by Gasteiger charge is -2.06. The van der Waals surface area contributed by atoms with E-state index in [1.165, 1.54) is 0 Å². The molecule has 0 radical (unpaired) electrons. The number of aliphatic hydroxyl groups is 1. The largest absolute Gasteiger partial charge is 0.464 e. The molecule has 0 saturated heterocycles. The van der Waals surface area contributed by atoms with Crippen LogP contribution in [0.5, 0.6) is 0 Å². The first kappa shape index (κ1) is 12.5. The zero-order valence-corrected chi connectivity index (χ0v) is 9.30. The van der Waals surface area contributed by atoms with Crippen molar-refractivity contribution in [3.8, 4) is 0 Å². The average molecular weight is 220 g/mol. The summed E-state index contributed by atoms with van der Waals surface area (Å²) in [5.74, 6) is -0.569. The number of benzene rings is 1. The Labute approximate surface area is 95.4 Å². The van der Waals surface area contributed by atoms with Crippen LogP contribution < -0.4 is 0 Å². The molecule has 0 bridgehead atoms. The molecule has 3 nitrogen and oxygen atoms in total. The molecule has 16 heavy (non-hydrogen) atoms. The van der Waals surface area contributed by atoms with E-state index in [1.54, 1.807) is 13.0 Å². The van der Waals surface area contributed by atoms with Crippen molar-refractivity contribution in [1.82, 2.24) is 0 Å². The summed E-state index contributed by atoms with van der Waals surface area (Å²) >= 11 is 0. The van der Waals surface area contributed by atoms with Crippen molar-refractivity contribution in [1.29, 1.82) is 0 Å². The monoisotopic (exact) mass is 220 g/mol. The molecule has 1 atom stereocenters. The maximum Gasteiger partial charge on any atom is 0.335 e. The van der Waals surface area contributed by atoms with Gasteiger partial charge in [0.05, 0.1) is 6.61 Å². The Morgan fingerprint density at radius 2 is 2.12 bits per heavy atom. The summed E-state index contributed by atoms with van der Waals surface area (Å²) in [6.45, 7) is 2.00. The van der Waals surface area contributed by atoms with Crippen LogP contribution in [0.4, 0.5) is 0 Å². The number of esters is 1. The highest BCUT2D eigenvalue weighted by molar-refractivity contribution is 5.74. The summed E-state index contributed by atoms with van der Waals surface area (Å²) in [4.78, 5) is 11.1. The van der Waals surface area contributed by atoms with Crippen LogP contribution in [0, 0.1) is 0 Å². The summed E-state index contributed by atoms with van der Waals surface area (Å²) in [7, 11) is 0. The molecule has 1 N–H and O–H groups in total. The molecule has 1 unspecified atom stereocenters. The van der Waals surface area contributed by atoms with Gasteiger partial charge >= 0.3 is 5.97 Å². The van der Waals surface area contributed by atoms with Gasteiger partial charge in [-0.3, -0.25) is 0 Å². The molecule has 86 valence electrons. The lowest BCUT2D eigenvalue weighted by Crippen LogP contribution is -2.22. The van der Waals surface area contributed by atoms with Crippen molar-refractivity contribution in [2.75, 3.05) is 6.61 Å². The highest BCUT2D eigenvalue weighted by Gasteiger charge is 2.13. The van der Waals surface area contributed by atoms with Gasteiger partial charge in [-0.1, -0.05) is 42.5 Å². The lowest BCUT2D eigenvalue weighted by molar-refractivity contribution is -0.152. The van der Waals surface area contributed by atoms with E-state index in [-0.39, 0.29) is 13.0 Å². The van der Waals surface area contributed by atoms with Crippen molar-refractivity contribution in [3.63, 3.8) is 0 Å². The number of aliphatic hydroxyl groups excluding tert-OH is 1. The van der Waals surface area contributed by atoms with Crippen molar-refractivity contribution in [2.45, 2.75) is 19.4 Å². The standard InChI is InChI=1S/C13H16O3/c1-2-16-13(15)12(14)10-6-9-11-7-4-3-5-8-11/h3-9,12,14H,2,10H2,1H3/b9-6+. The third kappa shape index (κ3) is 4.28. The Bertz CT molecular complexity index is 343. The minimum Gasteiger partial charge on any atom is -0.464 e. The van der Waals surface area contributed by atoms with Crippen molar-refractivity contribution < 1.29 is 14.6 Å². The first-order valence-corrected chi connectivity index (χ1v) is 5.30. The van der Waals surface area contributed by atoms with Crippen LogP contribution in [0.2, 0.25) is 0 Å². The fourth-order valence-electron chi connectivity index (χ4n) is 1.23. The van der Waals surface area contributed by atoms with Gasteiger partial charge in [0.15, 0.2) is 6.10 Å². The van der Waals surface area contributed by atoms with E-state index in [2.05, 4.69) is 4.74 Å². The molecular weight excluding hydrogens is 204 g/mol. The molecule has 0 aliphatic heterocycles. The molecule has 0 fully saturated rings. The highest BCUT2D eigenvalue weighted by atomic mass is 16.5. The topological polar surface area (TPSA) is 46.5 Å². The van der Waals surface area contributed by atoms with Gasteiger partial charge in [-0.2, -0.15) is 0 Å². The maximum absolute atomic E-state index is 11.1. The summed E-state index contributed by atoms with van der Waals surface area (Å²) in [5, 5.41) is 9.40. The first-order chi connectivity index (χ1) is 7.74. The molecule has 0 aromatic heterocycles. The maximum atomic E-state index is 11.1. The van der Waals surface area contributed by atoms with Gasteiger partial charge < -0.3 is 9.84 Å². The quantitative estimate of drug-likeness (QED) is 0.772. The number of hydrogen-bond donors (Lipinski definition) is 1. The summed E-state index contributed by atoms with van der Waals surface area (Å²) in [5.41, 5.74) is 1.04. The number of carbonyl (C=O) groups excluding carboxylic acids is 1. The number of rotatable bonds is 5. The molecule has 1 aromatic carbocycles. The van der Waals surface area contributed by atoms with Gasteiger partial charge in [0.25, 0.3) is 0 Å². The number of carbonyl (C=O) groups is 1. The van der Waals surface area contributed by atoms with E-state index in [9.17, 15) is 9.90 Å². The summed E-state index contributed by atoms with van der Waals surface area (Å²) < 4.78 is 4.68. The Morgan fingerprint density at radius 1 is 1.44 bits per heavy atom. The van der Waals surface area contributed by atoms with Crippen molar-refractivity contribution in [2.24, 2.45) is 0 Å². The van der Waals surface area contributed by atoms with Crippen LogP contribution in [0.25, 0.3) is 6.08 Å². The highest BCUT2D eigenvalue weighted by Crippen LogP contribution is 2.04. The molecule has 0 spiro atoms. The lowest BCUT2D eigenvalue weighted by atomic mass is 10.1. The second-order valence-electron chi connectivity index (χ2n) is 3.32. The van der Waals surface area contributed by atoms with Gasteiger partial charge in [0, 0.05) is 6.42 Å². The van der Waals surface area contributed by atoms with Crippen LogP contribution in [0.3, 0.4) is 0 Å². The SMILES string of the molecule is CCOC(=O)C(O)C/C=C/c1ccccc1. The smallest absolute Gasteiger partial charge is 0.335 e. The van der Waals surface area contributed by atoms with Gasteiger partial charge in [-0.25, -0.2) is 4.79 Å². The molecular formula is C13H16O3. The molecule has 0 heterocycles. The molecule has 0 saturated carbocycles. The zero-order chi connectivity index (χ0) is 11.8. The third-order valence-electron chi connectivity index (χ3n) is 2.03. The molecule has 0 amide bonds. The van der Waals surface area contributed by atoms with Crippen molar-refractivity contribution >= 4 is 12.0 Å². The van der Waals surface area contributed by atoms with E-state index in [0.29, 0.717) is 0 Å². The minimum atomic E-state index is -1.07. The predicted molar refractivity (Wildman–Crippen MR) is 62.7 cm³/mol. The fraction of sp³-hybridized carbons (Fsp3) is 0.308. The minimum absolute atomic E-state index is 0.272. The molecule has 0 aliphatic rings. The molecule has 3 heteroatoms. The Morgan fingerprint density at radius 3 is 2.75 bits per heavy atom. The normalized spacial score (nSPS) is 12.6. The van der Waals surface area contributed by atoms with Crippen LogP contribution in [-0.2, 0) is 9.53 Å². The van der Waals surface area contributed by atoms with Gasteiger partial charge in [0.2, 0.25) is 0 Å². The van der Waals surface area contributed by atoms with E-state index < -0.39 is 12.1 Å². The van der Waals surface area contributed by atoms with E-state index in [1.807, 2.05) is 36.4 Å². The van der Waals surface area contributed by atoms with Gasteiger partial charge in [-0.15, -0.1) is 0 Å². The number of hydrogen-bond acceptors (Lipinski definition) is 3.